The third kappa shape index (κ3) is 5.51. The Bertz CT molecular complexity index is 1060. The Kier molecular flexibility index (Phi) is 6.24. The number of piperazine rings is 1. The van der Waals surface area contributed by atoms with Gasteiger partial charge in [0.15, 0.2) is 5.82 Å². The van der Waals surface area contributed by atoms with Gasteiger partial charge in [-0.2, -0.15) is 18.2 Å². The van der Waals surface area contributed by atoms with Crippen molar-refractivity contribution in [2.45, 2.75) is 19.6 Å². The average molecular weight is 450 g/mol. The summed E-state index contributed by atoms with van der Waals surface area (Å²) in [7, 11) is 0. The van der Waals surface area contributed by atoms with Crippen LogP contribution in [-0.2, 0) is 17.5 Å². The van der Waals surface area contributed by atoms with Crippen molar-refractivity contribution in [1.82, 2.24) is 25.1 Å². The molecular formula is C20H21F3N6O3. The number of amides is 1. The quantitative estimate of drug-likeness (QED) is 0.612. The lowest BCUT2D eigenvalue weighted by Gasteiger charge is -2.33. The molecule has 0 saturated carbocycles. The van der Waals surface area contributed by atoms with Gasteiger partial charge in [-0.05, 0) is 19.1 Å². The number of carbonyl (C=O) groups excluding carboxylic acids is 1. The minimum Gasteiger partial charge on any atom is -0.360 e. The molecule has 4 rings (SSSR count). The Balaban J connectivity index is 1.25. The number of nitrogens with one attached hydrogen (secondary N) is 1. The molecule has 0 bridgehead atoms. The van der Waals surface area contributed by atoms with Gasteiger partial charge in [0.05, 0.1) is 18.7 Å². The zero-order valence-electron chi connectivity index (χ0n) is 17.2. The first-order valence-corrected chi connectivity index (χ1v) is 9.94. The van der Waals surface area contributed by atoms with Gasteiger partial charge in [-0.1, -0.05) is 22.4 Å². The number of benzene rings is 1. The van der Waals surface area contributed by atoms with Crippen molar-refractivity contribution in [1.29, 1.82) is 0 Å². The Labute approximate surface area is 181 Å². The summed E-state index contributed by atoms with van der Waals surface area (Å²) in [5, 5.41) is 10.3. The summed E-state index contributed by atoms with van der Waals surface area (Å²) in [4.78, 5) is 20.6. The predicted molar refractivity (Wildman–Crippen MR) is 106 cm³/mol. The molecule has 0 radical (unpaired) electrons. The molecule has 0 spiro atoms. The molecule has 2 aromatic heterocycles. The van der Waals surface area contributed by atoms with Crippen LogP contribution in [0.4, 0.5) is 19.0 Å². The van der Waals surface area contributed by atoms with E-state index in [0.717, 1.165) is 12.1 Å². The lowest BCUT2D eigenvalue weighted by molar-refractivity contribution is -0.137. The number of hydrogen-bond acceptors (Lipinski definition) is 8. The maximum atomic E-state index is 12.7. The summed E-state index contributed by atoms with van der Waals surface area (Å²) in [5.74, 6) is 1.48. The van der Waals surface area contributed by atoms with E-state index in [2.05, 4.69) is 25.5 Å². The maximum Gasteiger partial charge on any atom is 0.416 e. The summed E-state index contributed by atoms with van der Waals surface area (Å²) >= 11 is 0. The molecule has 1 N–H and O–H groups in total. The van der Waals surface area contributed by atoms with Crippen molar-refractivity contribution in [3.63, 3.8) is 0 Å². The minimum atomic E-state index is -4.39. The highest BCUT2D eigenvalue weighted by molar-refractivity contribution is 5.91. The van der Waals surface area contributed by atoms with Crippen LogP contribution in [0.5, 0.6) is 0 Å². The average Bonchev–Trinajstić information content (AvgIpc) is 3.38. The van der Waals surface area contributed by atoms with Crippen molar-refractivity contribution in [2.24, 2.45) is 0 Å². The Morgan fingerprint density at radius 2 is 1.75 bits per heavy atom. The van der Waals surface area contributed by atoms with Gasteiger partial charge in [-0.15, -0.1) is 0 Å². The number of anilines is 1. The Morgan fingerprint density at radius 3 is 2.38 bits per heavy atom. The number of halogens is 3. The van der Waals surface area contributed by atoms with Gasteiger partial charge in [0.25, 0.3) is 0 Å². The third-order valence-corrected chi connectivity index (χ3v) is 5.02. The SMILES string of the molecule is Cc1cc(NC(=O)CN2CCN(Cc3nc(-c4ccc(C(F)(F)F)cc4)no3)CC2)no1. The largest absolute Gasteiger partial charge is 0.416 e. The smallest absolute Gasteiger partial charge is 0.360 e. The van der Waals surface area contributed by atoms with E-state index >= 15 is 0 Å². The number of aromatic nitrogens is 3. The number of rotatable bonds is 6. The monoisotopic (exact) mass is 450 g/mol. The van der Waals surface area contributed by atoms with Gasteiger partial charge in [-0.25, -0.2) is 0 Å². The van der Waals surface area contributed by atoms with Gasteiger partial charge in [-0.3, -0.25) is 14.6 Å². The lowest BCUT2D eigenvalue weighted by Crippen LogP contribution is -2.48. The Hall–Kier alpha value is -3.25. The topological polar surface area (TPSA) is 101 Å². The number of aryl methyl sites for hydroxylation is 1. The van der Waals surface area contributed by atoms with E-state index in [-0.39, 0.29) is 18.3 Å². The summed E-state index contributed by atoms with van der Waals surface area (Å²) in [6.07, 6.45) is -4.39. The molecule has 3 aromatic rings. The van der Waals surface area contributed by atoms with Crippen molar-refractivity contribution >= 4 is 11.7 Å². The Morgan fingerprint density at radius 1 is 1.06 bits per heavy atom. The van der Waals surface area contributed by atoms with Gasteiger partial charge in [0.2, 0.25) is 17.6 Å². The second-order valence-corrected chi connectivity index (χ2v) is 7.51. The molecule has 32 heavy (non-hydrogen) atoms. The minimum absolute atomic E-state index is 0.162. The van der Waals surface area contributed by atoms with Crippen LogP contribution >= 0.6 is 0 Å². The molecule has 0 unspecified atom stereocenters. The van der Waals surface area contributed by atoms with E-state index in [4.69, 9.17) is 9.05 Å². The molecule has 1 saturated heterocycles. The van der Waals surface area contributed by atoms with Crippen molar-refractivity contribution < 1.29 is 27.0 Å². The van der Waals surface area contributed by atoms with Crippen LogP contribution in [0.1, 0.15) is 17.2 Å². The first-order chi connectivity index (χ1) is 15.3. The lowest BCUT2D eigenvalue weighted by atomic mass is 10.1. The normalized spacial score (nSPS) is 15.8. The van der Waals surface area contributed by atoms with Crippen molar-refractivity contribution in [3.05, 3.63) is 47.5 Å². The fourth-order valence-corrected chi connectivity index (χ4v) is 3.35. The van der Waals surface area contributed by atoms with Crippen LogP contribution in [-0.4, -0.2) is 63.7 Å². The van der Waals surface area contributed by atoms with Crippen molar-refractivity contribution in [2.75, 3.05) is 38.0 Å². The molecule has 0 atom stereocenters. The summed E-state index contributed by atoms with van der Waals surface area (Å²) in [6, 6.07) is 6.28. The molecule has 1 fully saturated rings. The number of nitrogens with zero attached hydrogens (tertiary/aromatic N) is 5. The fraction of sp³-hybridized carbons (Fsp3) is 0.400. The van der Waals surface area contributed by atoms with Crippen LogP contribution in [0.3, 0.4) is 0 Å². The van der Waals surface area contributed by atoms with E-state index in [0.29, 0.717) is 55.8 Å². The molecule has 0 aliphatic carbocycles. The van der Waals surface area contributed by atoms with Gasteiger partial charge >= 0.3 is 6.18 Å². The van der Waals surface area contributed by atoms with Crippen LogP contribution < -0.4 is 5.32 Å². The van der Waals surface area contributed by atoms with Gasteiger partial charge < -0.3 is 14.4 Å². The molecular weight excluding hydrogens is 429 g/mol. The first-order valence-electron chi connectivity index (χ1n) is 9.94. The summed E-state index contributed by atoms with van der Waals surface area (Å²) < 4.78 is 48.3. The van der Waals surface area contributed by atoms with E-state index in [1.807, 2.05) is 4.90 Å². The predicted octanol–water partition coefficient (Wildman–Crippen LogP) is 2.81. The molecule has 3 heterocycles. The highest BCUT2D eigenvalue weighted by Crippen LogP contribution is 2.30. The first kappa shape index (κ1) is 22.0. The summed E-state index contributed by atoms with van der Waals surface area (Å²) in [6.45, 7) is 5.20. The molecule has 1 aliphatic rings. The molecule has 170 valence electrons. The number of alkyl halides is 3. The van der Waals surface area contributed by atoms with Crippen LogP contribution in [0.25, 0.3) is 11.4 Å². The maximum absolute atomic E-state index is 12.7. The van der Waals surface area contributed by atoms with E-state index < -0.39 is 11.7 Å². The number of carbonyl (C=O) groups is 1. The molecule has 9 nitrogen and oxygen atoms in total. The second kappa shape index (κ2) is 9.09. The standard InChI is InChI=1S/C20H21F3N6O3/c1-13-10-16(26-31-13)24-17(30)11-28-6-8-29(9-7-28)12-18-25-19(27-32-18)14-2-4-15(5-3-14)20(21,22)23/h2-5,10H,6-9,11-12H2,1H3,(H,24,26,30). The molecule has 1 aliphatic heterocycles. The third-order valence-electron chi connectivity index (χ3n) is 5.02. The van der Waals surface area contributed by atoms with Crippen LogP contribution in [0, 0.1) is 6.92 Å². The van der Waals surface area contributed by atoms with Gasteiger partial charge in [0, 0.05) is 37.8 Å². The van der Waals surface area contributed by atoms with Gasteiger partial charge in [0.1, 0.15) is 5.76 Å². The fourth-order valence-electron chi connectivity index (χ4n) is 3.35. The van der Waals surface area contributed by atoms with Crippen LogP contribution in [0.15, 0.2) is 39.4 Å². The zero-order chi connectivity index (χ0) is 22.7. The highest BCUT2D eigenvalue weighted by atomic mass is 19.4. The summed E-state index contributed by atoms with van der Waals surface area (Å²) in [5.41, 5.74) is -0.279. The molecule has 1 aromatic carbocycles. The van der Waals surface area contributed by atoms with Crippen LogP contribution in [0.2, 0.25) is 0 Å². The second-order valence-electron chi connectivity index (χ2n) is 7.51. The zero-order valence-corrected chi connectivity index (χ0v) is 17.2. The number of hydrogen-bond donors (Lipinski definition) is 1. The highest BCUT2D eigenvalue weighted by Gasteiger charge is 2.30. The van der Waals surface area contributed by atoms with Crippen molar-refractivity contribution in [3.8, 4) is 11.4 Å². The molecule has 1 amide bonds. The van der Waals surface area contributed by atoms with E-state index in [1.54, 1.807) is 13.0 Å². The van der Waals surface area contributed by atoms with E-state index in [9.17, 15) is 18.0 Å². The molecule has 12 heteroatoms. The van der Waals surface area contributed by atoms with E-state index in [1.165, 1.54) is 12.1 Å².